The van der Waals surface area contributed by atoms with Crippen LogP contribution in [0.5, 0.6) is 0 Å². The predicted molar refractivity (Wildman–Crippen MR) is 71.1 cm³/mol. The summed E-state index contributed by atoms with van der Waals surface area (Å²) in [7, 11) is 1.81. The molecule has 5 heteroatoms. The maximum absolute atomic E-state index is 8.72. The number of aliphatic hydroxyl groups is 2. The number of aliphatic hydroxyl groups excluding tert-OH is 2. The van der Waals surface area contributed by atoms with Crippen LogP contribution in [0.15, 0.2) is 37.2 Å². The van der Waals surface area contributed by atoms with Crippen LogP contribution in [-0.4, -0.2) is 48.2 Å². The molecule has 1 heterocycles. The molecule has 0 aromatic carbocycles. The van der Waals surface area contributed by atoms with Gasteiger partial charge >= 0.3 is 0 Å². The number of nitrogens with one attached hydrogen (secondary N) is 1. The number of pyridine rings is 1. The number of rotatable bonds is 7. The molecule has 0 saturated carbocycles. The summed E-state index contributed by atoms with van der Waals surface area (Å²) in [6.45, 7) is 3.52. The van der Waals surface area contributed by atoms with E-state index in [1.165, 1.54) is 0 Å². The first kappa shape index (κ1) is 16.6. The van der Waals surface area contributed by atoms with Gasteiger partial charge in [-0.25, -0.2) is 0 Å². The fourth-order valence-corrected chi connectivity index (χ4v) is 1.04. The zero-order valence-electron chi connectivity index (χ0n) is 10.7. The molecular formula is C13H22N2O3. The molecular weight excluding hydrogens is 232 g/mol. The summed E-state index contributed by atoms with van der Waals surface area (Å²) in [5.74, 6) is 0. The molecule has 1 aromatic rings. The molecule has 0 bridgehead atoms. The molecule has 1 aromatic heterocycles. The van der Waals surface area contributed by atoms with Gasteiger partial charge in [0.25, 0.3) is 0 Å². The molecule has 0 unspecified atom stereocenters. The van der Waals surface area contributed by atoms with Crippen molar-refractivity contribution in [2.75, 3.05) is 26.9 Å². The maximum Gasteiger partial charge on any atom is 0.104 e. The lowest BCUT2D eigenvalue weighted by Gasteiger charge is -2.11. The van der Waals surface area contributed by atoms with E-state index in [2.05, 4.69) is 16.9 Å². The van der Waals surface area contributed by atoms with Crippen molar-refractivity contribution in [1.29, 1.82) is 0 Å². The highest BCUT2D eigenvalue weighted by atomic mass is 16.5. The second-order valence-corrected chi connectivity index (χ2v) is 3.42. The van der Waals surface area contributed by atoms with Crippen LogP contribution in [0, 0.1) is 0 Å². The standard InChI is InChI=1S/C10H15NO3.C3H7N/c12-7-10(8-13)14-6-4-9-3-1-2-5-11-9;1-3-4-2/h1-3,5,10,12-13H,4,6-8H2;3-4H,1H2,2H3. The van der Waals surface area contributed by atoms with Crippen LogP contribution in [-0.2, 0) is 11.2 Å². The third-order valence-corrected chi connectivity index (χ3v) is 2.05. The van der Waals surface area contributed by atoms with Gasteiger partial charge in [0.2, 0.25) is 0 Å². The molecule has 0 aliphatic heterocycles. The van der Waals surface area contributed by atoms with E-state index in [9.17, 15) is 0 Å². The molecule has 0 radical (unpaired) electrons. The van der Waals surface area contributed by atoms with Gasteiger partial charge in [0.1, 0.15) is 6.10 Å². The molecule has 3 N–H and O–H groups in total. The van der Waals surface area contributed by atoms with Gasteiger partial charge in [0, 0.05) is 25.4 Å². The second-order valence-electron chi connectivity index (χ2n) is 3.42. The lowest BCUT2D eigenvalue weighted by Crippen LogP contribution is -2.23. The molecule has 5 nitrogen and oxygen atoms in total. The number of ether oxygens (including phenoxy) is 1. The van der Waals surface area contributed by atoms with Gasteiger partial charge in [-0.2, -0.15) is 0 Å². The van der Waals surface area contributed by atoms with Gasteiger partial charge in [-0.15, -0.1) is 0 Å². The highest BCUT2D eigenvalue weighted by Crippen LogP contribution is 1.97. The molecule has 0 aliphatic carbocycles. The van der Waals surface area contributed by atoms with Crippen molar-refractivity contribution < 1.29 is 14.9 Å². The van der Waals surface area contributed by atoms with Gasteiger partial charge in [-0.3, -0.25) is 4.98 Å². The van der Waals surface area contributed by atoms with E-state index < -0.39 is 6.10 Å². The average molecular weight is 254 g/mol. The first-order valence-electron chi connectivity index (χ1n) is 5.79. The molecule has 0 aliphatic rings. The minimum Gasteiger partial charge on any atom is -0.394 e. The van der Waals surface area contributed by atoms with E-state index in [0.717, 1.165) is 5.69 Å². The first-order valence-corrected chi connectivity index (χ1v) is 5.79. The highest BCUT2D eigenvalue weighted by Gasteiger charge is 2.04. The Bertz CT molecular complexity index is 290. The fraction of sp³-hybridized carbons (Fsp3) is 0.462. The summed E-state index contributed by atoms with van der Waals surface area (Å²) in [4.78, 5) is 4.12. The van der Waals surface area contributed by atoms with E-state index >= 15 is 0 Å². The number of nitrogens with zero attached hydrogens (tertiary/aromatic N) is 1. The van der Waals surface area contributed by atoms with E-state index in [1.807, 2.05) is 25.2 Å². The van der Waals surface area contributed by atoms with Crippen molar-refractivity contribution in [2.24, 2.45) is 0 Å². The lowest BCUT2D eigenvalue weighted by molar-refractivity contribution is -0.0184. The zero-order chi connectivity index (χ0) is 13.6. The van der Waals surface area contributed by atoms with Crippen molar-refractivity contribution >= 4 is 0 Å². The molecule has 1 rings (SSSR count). The summed E-state index contributed by atoms with van der Waals surface area (Å²) in [6, 6.07) is 5.68. The quantitative estimate of drug-likeness (QED) is 0.654. The van der Waals surface area contributed by atoms with E-state index in [4.69, 9.17) is 14.9 Å². The van der Waals surface area contributed by atoms with Crippen LogP contribution < -0.4 is 5.32 Å². The Hall–Kier alpha value is -1.43. The van der Waals surface area contributed by atoms with E-state index in [-0.39, 0.29) is 13.2 Å². The average Bonchev–Trinajstić information content (AvgIpc) is 2.45. The smallest absolute Gasteiger partial charge is 0.104 e. The van der Waals surface area contributed by atoms with E-state index in [1.54, 1.807) is 12.4 Å². The number of hydrogen-bond donors (Lipinski definition) is 3. The maximum atomic E-state index is 8.72. The van der Waals surface area contributed by atoms with E-state index in [0.29, 0.717) is 13.0 Å². The summed E-state index contributed by atoms with van der Waals surface area (Å²) >= 11 is 0. The van der Waals surface area contributed by atoms with Crippen LogP contribution in [0.2, 0.25) is 0 Å². The summed E-state index contributed by atoms with van der Waals surface area (Å²) in [5, 5.41) is 20.1. The normalized spacial score (nSPS) is 9.56. The third kappa shape index (κ3) is 8.69. The lowest BCUT2D eigenvalue weighted by atomic mass is 10.3. The molecule has 18 heavy (non-hydrogen) atoms. The Morgan fingerprint density at radius 1 is 1.44 bits per heavy atom. The van der Waals surface area contributed by atoms with Crippen LogP contribution >= 0.6 is 0 Å². The van der Waals surface area contributed by atoms with Crippen LogP contribution in [0.4, 0.5) is 0 Å². The first-order chi connectivity index (χ1) is 8.78. The summed E-state index contributed by atoms with van der Waals surface area (Å²) in [5.41, 5.74) is 0.946. The highest BCUT2D eigenvalue weighted by molar-refractivity contribution is 5.03. The van der Waals surface area contributed by atoms with Crippen LogP contribution in [0.25, 0.3) is 0 Å². The predicted octanol–water partition coefficient (Wildman–Crippen LogP) is 0.343. The molecule has 0 atom stereocenters. The topological polar surface area (TPSA) is 74.6 Å². The Morgan fingerprint density at radius 3 is 2.56 bits per heavy atom. The molecule has 0 fully saturated rings. The van der Waals surface area contributed by atoms with Crippen molar-refractivity contribution in [1.82, 2.24) is 10.3 Å². The Kier molecular flexibility index (Phi) is 11.1. The third-order valence-electron chi connectivity index (χ3n) is 2.05. The van der Waals surface area contributed by atoms with Gasteiger partial charge in [0.15, 0.2) is 0 Å². The fourth-order valence-electron chi connectivity index (χ4n) is 1.04. The minimum absolute atomic E-state index is 0.154. The number of hydrogen-bond acceptors (Lipinski definition) is 5. The SMILES string of the molecule is C=CNC.OCC(CO)OCCc1ccccn1. The summed E-state index contributed by atoms with van der Waals surface area (Å²) < 4.78 is 5.20. The van der Waals surface area contributed by atoms with Crippen molar-refractivity contribution in [2.45, 2.75) is 12.5 Å². The summed E-state index contributed by atoms with van der Waals surface area (Å²) in [6.07, 6.45) is 3.57. The van der Waals surface area contributed by atoms with Crippen LogP contribution in [0.1, 0.15) is 5.69 Å². The monoisotopic (exact) mass is 254 g/mol. The Labute approximate surface area is 108 Å². The Balaban J connectivity index is 0.000000631. The van der Waals surface area contributed by atoms with Gasteiger partial charge in [-0.1, -0.05) is 12.6 Å². The van der Waals surface area contributed by atoms with Gasteiger partial charge in [0.05, 0.1) is 19.8 Å². The second kappa shape index (κ2) is 12.0. The van der Waals surface area contributed by atoms with Crippen LogP contribution in [0.3, 0.4) is 0 Å². The number of aromatic nitrogens is 1. The van der Waals surface area contributed by atoms with Crippen molar-refractivity contribution in [3.8, 4) is 0 Å². The van der Waals surface area contributed by atoms with Gasteiger partial charge in [-0.05, 0) is 18.3 Å². The Morgan fingerprint density at radius 2 is 2.11 bits per heavy atom. The largest absolute Gasteiger partial charge is 0.394 e. The molecule has 0 amide bonds. The van der Waals surface area contributed by atoms with Crippen molar-refractivity contribution in [3.63, 3.8) is 0 Å². The van der Waals surface area contributed by atoms with Gasteiger partial charge < -0.3 is 20.3 Å². The molecule has 0 spiro atoms. The minimum atomic E-state index is -0.473. The van der Waals surface area contributed by atoms with Crippen molar-refractivity contribution in [3.05, 3.63) is 42.9 Å². The zero-order valence-corrected chi connectivity index (χ0v) is 10.7. The molecule has 102 valence electrons. The molecule has 0 saturated heterocycles.